The van der Waals surface area contributed by atoms with Gasteiger partial charge in [-0.15, -0.1) is 0 Å². The molecule has 0 spiro atoms. The highest BCUT2D eigenvalue weighted by Crippen LogP contribution is 2.20. The summed E-state index contributed by atoms with van der Waals surface area (Å²) in [5.74, 6) is -2.01. The third-order valence-electron chi connectivity index (χ3n) is 4.59. The van der Waals surface area contributed by atoms with E-state index in [1.165, 1.54) is 13.0 Å². The van der Waals surface area contributed by atoms with Gasteiger partial charge in [-0.05, 0) is 28.8 Å². The van der Waals surface area contributed by atoms with Crippen molar-refractivity contribution in [1.29, 1.82) is 0 Å². The molecule has 0 saturated heterocycles. The van der Waals surface area contributed by atoms with Gasteiger partial charge in [-0.25, -0.2) is 4.79 Å². The van der Waals surface area contributed by atoms with E-state index in [1.54, 1.807) is 18.2 Å². The third kappa shape index (κ3) is 5.32. The summed E-state index contributed by atoms with van der Waals surface area (Å²) in [5, 5.41) is 14.7. The Kier molecular flexibility index (Phi) is 6.60. The van der Waals surface area contributed by atoms with Crippen molar-refractivity contribution in [2.75, 3.05) is 5.32 Å². The van der Waals surface area contributed by atoms with Crippen molar-refractivity contribution in [3.63, 3.8) is 0 Å². The standard InChI is InChI=1S/C24H22N2O4/c1-16(27)25-21-10-6-5-9-20(21)23(28)26-22(24(29)30)15-17-11-13-19(14-12-17)18-7-3-2-4-8-18/h2-14,22H,15H2,1H3,(H,25,27)(H,26,28)(H,29,30)/t22-/m0/s1. The Labute approximate surface area is 174 Å². The first-order valence-corrected chi connectivity index (χ1v) is 9.48. The zero-order chi connectivity index (χ0) is 21.5. The van der Waals surface area contributed by atoms with Gasteiger partial charge in [0.25, 0.3) is 5.91 Å². The van der Waals surface area contributed by atoms with Crippen LogP contribution in [-0.2, 0) is 16.0 Å². The number of para-hydroxylation sites is 1. The lowest BCUT2D eigenvalue weighted by Crippen LogP contribution is -2.42. The molecule has 3 aromatic carbocycles. The monoisotopic (exact) mass is 402 g/mol. The van der Waals surface area contributed by atoms with E-state index >= 15 is 0 Å². The molecule has 0 aliphatic carbocycles. The van der Waals surface area contributed by atoms with Crippen LogP contribution in [0.1, 0.15) is 22.8 Å². The molecule has 152 valence electrons. The average Bonchev–Trinajstić information content (AvgIpc) is 2.74. The van der Waals surface area contributed by atoms with Crippen LogP contribution in [0.3, 0.4) is 0 Å². The lowest BCUT2D eigenvalue weighted by molar-refractivity contribution is -0.139. The Bertz CT molecular complexity index is 1050. The lowest BCUT2D eigenvalue weighted by Gasteiger charge is -2.16. The molecule has 0 aliphatic rings. The number of carboxylic acids is 1. The minimum atomic E-state index is -1.13. The fourth-order valence-electron chi connectivity index (χ4n) is 3.12. The van der Waals surface area contributed by atoms with Gasteiger partial charge in [-0.2, -0.15) is 0 Å². The predicted molar refractivity (Wildman–Crippen MR) is 115 cm³/mol. The highest BCUT2D eigenvalue weighted by Gasteiger charge is 2.22. The Morgan fingerprint density at radius 1 is 0.833 bits per heavy atom. The van der Waals surface area contributed by atoms with Gasteiger partial charge in [-0.3, -0.25) is 9.59 Å². The molecule has 0 aliphatic heterocycles. The maximum atomic E-state index is 12.7. The van der Waals surface area contributed by atoms with Crippen LogP contribution in [0.15, 0.2) is 78.9 Å². The molecule has 6 nitrogen and oxygen atoms in total. The maximum Gasteiger partial charge on any atom is 0.326 e. The fraction of sp³-hybridized carbons (Fsp3) is 0.125. The summed E-state index contributed by atoms with van der Waals surface area (Å²) in [5.41, 5.74) is 3.43. The summed E-state index contributed by atoms with van der Waals surface area (Å²) in [4.78, 5) is 35.8. The minimum Gasteiger partial charge on any atom is -0.480 e. The number of hydrogen-bond donors (Lipinski definition) is 3. The lowest BCUT2D eigenvalue weighted by atomic mass is 10.0. The summed E-state index contributed by atoms with van der Waals surface area (Å²) in [7, 11) is 0. The van der Waals surface area contributed by atoms with Gasteiger partial charge in [-0.1, -0.05) is 66.7 Å². The van der Waals surface area contributed by atoms with Crippen molar-refractivity contribution in [3.8, 4) is 11.1 Å². The van der Waals surface area contributed by atoms with Gasteiger partial charge in [0.2, 0.25) is 5.91 Å². The quantitative estimate of drug-likeness (QED) is 0.561. The molecule has 1 atom stereocenters. The second kappa shape index (κ2) is 9.52. The van der Waals surface area contributed by atoms with Gasteiger partial charge < -0.3 is 15.7 Å². The topological polar surface area (TPSA) is 95.5 Å². The summed E-state index contributed by atoms with van der Waals surface area (Å²) < 4.78 is 0. The van der Waals surface area contributed by atoms with Gasteiger partial charge in [0.05, 0.1) is 11.3 Å². The minimum absolute atomic E-state index is 0.137. The van der Waals surface area contributed by atoms with E-state index in [2.05, 4.69) is 10.6 Å². The summed E-state index contributed by atoms with van der Waals surface area (Å²) in [6, 6.07) is 22.8. The highest BCUT2D eigenvalue weighted by molar-refractivity contribution is 6.04. The number of aliphatic carboxylic acids is 1. The van der Waals surface area contributed by atoms with Crippen LogP contribution in [0.2, 0.25) is 0 Å². The Balaban J connectivity index is 1.73. The van der Waals surface area contributed by atoms with E-state index in [4.69, 9.17) is 0 Å². The number of benzene rings is 3. The molecule has 30 heavy (non-hydrogen) atoms. The predicted octanol–water partition coefficient (Wildman–Crippen LogP) is 3.74. The van der Waals surface area contributed by atoms with Crippen LogP contribution in [0, 0.1) is 0 Å². The van der Waals surface area contributed by atoms with Crippen LogP contribution in [0.5, 0.6) is 0 Å². The van der Waals surface area contributed by atoms with Crippen LogP contribution < -0.4 is 10.6 Å². The molecule has 0 saturated carbocycles. The van der Waals surface area contributed by atoms with Gasteiger partial charge in [0.15, 0.2) is 0 Å². The zero-order valence-electron chi connectivity index (χ0n) is 16.5. The summed E-state index contributed by atoms with van der Waals surface area (Å²) >= 11 is 0. The van der Waals surface area contributed by atoms with E-state index < -0.39 is 17.9 Å². The molecule has 0 radical (unpaired) electrons. The fourth-order valence-corrected chi connectivity index (χ4v) is 3.12. The number of hydrogen-bond acceptors (Lipinski definition) is 3. The second-order valence-corrected chi connectivity index (χ2v) is 6.86. The average molecular weight is 402 g/mol. The van der Waals surface area contributed by atoms with Gasteiger partial charge >= 0.3 is 5.97 Å². The number of carboxylic acid groups (broad SMARTS) is 1. The molecule has 0 aromatic heterocycles. The first-order valence-electron chi connectivity index (χ1n) is 9.48. The number of nitrogens with one attached hydrogen (secondary N) is 2. The normalized spacial score (nSPS) is 11.4. The van der Waals surface area contributed by atoms with E-state index in [-0.39, 0.29) is 17.9 Å². The first-order chi connectivity index (χ1) is 14.4. The Hall–Kier alpha value is -3.93. The molecule has 3 rings (SSSR count). The molecule has 0 bridgehead atoms. The number of anilines is 1. The molecule has 6 heteroatoms. The number of carbonyl (C=O) groups is 3. The van der Waals surface area contributed by atoms with Gasteiger partial charge in [0.1, 0.15) is 6.04 Å². The van der Waals surface area contributed by atoms with E-state index in [0.29, 0.717) is 5.69 Å². The van der Waals surface area contributed by atoms with Crippen LogP contribution in [0.25, 0.3) is 11.1 Å². The molecule has 3 aromatic rings. The maximum absolute atomic E-state index is 12.7. The zero-order valence-corrected chi connectivity index (χ0v) is 16.5. The number of carbonyl (C=O) groups excluding carboxylic acids is 2. The number of amides is 2. The van der Waals surface area contributed by atoms with Crippen molar-refractivity contribution in [2.45, 2.75) is 19.4 Å². The van der Waals surface area contributed by atoms with E-state index in [1.807, 2.05) is 54.6 Å². The van der Waals surface area contributed by atoms with Crippen molar-refractivity contribution in [2.24, 2.45) is 0 Å². The molecule has 2 amide bonds. The molecular formula is C24H22N2O4. The van der Waals surface area contributed by atoms with Crippen molar-refractivity contribution < 1.29 is 19.5 Å². The summed E-state index contributed by atoms with van der Waals surface area (Å²) in [6.07, 6.45) is 0.137. The van der Waals surface area contributed by atoms with Crippen molar-refractivity contribution in [3.05, 3.63) is 90.0 Å². The Morgan fingerprint density at radius 2 is 1.43 bits per heavy atom. The van der Waals surface area contributed by atoms with Crippen LogP contribution in [0.4, 0.5) is 5.69 Å². The SMILES string of the molecule is CC(=O)Nc1ccccc1C(=O)N[C@@H](Cc1ccc(-c2ccccc2)cc1)C(=O)O. The number of rotatable bonds is 7. The second-order valence-electron chi connectivity index (χ2n) is 6.86. The summed E-state index contributed by atoms with van der Waals surface area (Å²) in [6.45, 7) is 1.34. The third-order valence-corrected chi connectivity index (χ3v) is 4.59. The molecular weight excluding hydrogens is 380 g/mol. The molecule has 3 N–H and O–H groups in total. The van der Waals surface area contributed by atoms with E-state index in [0.717, 1.165) is 16.7 Å². The first kappa shape index (κ1) is 20.8. The highest BCUT2D eigenvalue weighted by atomic mass is 16.4. The largest absolute Gasteiger partial charge is 0.480 e. The van der Waals surface area contributed by atoms with Crippen LogP contribution in [-0.4, -0.2) is 28.9 Å². The molecule has 0 heterocycles. The van der Waals surface area contributed by atoms with E-state index in [9.17, 15) is 19.5 Å². The Morgan fingerprint density at radius 3 is 2.07 bits per heavy atom. The molecule has 0 unspecified atom stereocenters. The van der Waals surface area contributed by atoms with Crippen molar-refractivity contribution in [1.82, 2.24) is 5.32 Å². The molecule has 0 fully saturated rings. The smallest absolute Gasteiger partial charge is 0.326 e. The van der Waals surface area contributed by atoms with Crippen molar-refractivity contribution >= 4 is 23.5 Å². The van der Waals surface area contributed by atoms with Crippen LogP contribution >= 0.6 is 0 Å². The van der Waals surface area contributed by atoms with Gasteiger partial charge in [0, 0.05) is 13.3 Å².